The molecule has 0 radical (unpaired) electrons. The Labute approximate surface area is 242 Å². The molecule has 0 spiro atoms. The number of fused-ring (bicyclic) bond motifs is 6. The lowest BCUT2D eigenvalue weighted by Crippen LogP contribution is -2.68. The van der Waals surface area contributed by atoms with Crippen LogP contribution in [-0.2, 0) is 39.6 Å². The maximum absolute atomic E-state index is 13.5. The second kappa shape index (κ2) is 10.0. The molecule has 4 heterocycles. The summed E-state index contributed by atoms with van der Waals surface area (Å²) in [7, 11) is 4.65. The third-order valence-electron chi connectivity index (χ3n) is 8.99. The fourth-order valence-corrected chi connectivity index (χ4v) is 7.34. The Morgan fingerprint density at radius 2 is 1.88 bits per heavy atom. The second-order valence-corrected chi connectivity index (χ2v) is 11.3. The van der Waals surface area contributed by atoms with Crippen LogP contribution in [0.4, 0.5) is 0 Å². The molecule has 12 nitrogen and oxygen atoms in total. The lowest BCUT2D eigenvalue weighted by molar-refractivity contribution is -0.376. The minimum Gasteiger partial charge on any atom is -0.496 e. The fourth-order valence-electron chi connectivity index (χ4n) is 7.34. The smallest absolute Gasteiger partial charge is 0.271 e. The number of carbonyl (C=O) groups is 2. The molecular formula is C30H35NO11. The molecule has 0 aromatic heterocycles. The molecule has 1 aliphatic carbocycles. The van der Waals surface area contributed by atoms with Gasteiger partial charge in [0, 0.05) is 37.2 Å². The van der Waals surface area contributed by atoms with Crippen molar-refractivity contribution in [3.63, 3.8) is 0 Å². The van der Waals surface area contributed by atoms with E-state index < -0.39 is 42.1 Å². The first-order valence-corrected chi connectivity index (χ1v) is 14.3. The fraction of sp³-hybridized carbons (Fsp3) is 0.600. The largest absolute Gasteiger partial charge is 0.496 e. The van der Waals surface area contributed by atoms with Crippen LogP contribution in [0.2, 0.25) is 0 Å². The number of aryl methyl sites for hydroxylation is 1. The molecule has 226 valence electrons. The summed E-state index contributed by atoms with van der Waals surface area (Å²) >= 11 is 0. The van der Waals surface area contributed by atoms with E-state index in [9.17, 15) is 9.59 Å². The van der Waals surface area contributed by atoms with Gasteiger partial charge in [-0.1, -0.05) is 0 Å². The van der Waals surface area contributed by atoms with E-state index in [1.54, 1.807) is 7.11 Å². The Hall–Kier alpha value is -3.00. The first kappa shape index (κ1) is 27.8. The average Bonchev–Trinajstić information content (AvgIpc) is 3.51. The summed E-state index contributed by atoms with van der Waals surface area (Å²) in [6.07, 6.45) is -0.692. The highest BCUT2D eigenvalue weighted by Gasteiger charge is 2.81. The number of benzene rings is 2. The Kier molecular flexibility index (Phi) is 6.64. The third-order valence-corrected chi connectivity index (χ3v) is 8.99. The molecule has 2 aromatic rings. The number of primary amides is 1. The number of hydrogen-bond acceptors (Lipinski definition) is 11. The van der Waals surface area contributed by atoms with E-state index in [2.05, 4.69) is 0 Å². The molecule has 3 fully saturated rings. The van der Waals surface area contributed by atoms with E-state index in [0.29, 0.717) is 66.1 Å². The quantitative estimate of drug-likeness (QED) is 0.488. The minimum atomic E-state index is -1.45. The third kappa shape index (κ3) is 3.63. The molecule has 7 rings (SSSR count). The van der Waals surface area contributed by atoms with Gasteiger partial charge in [-0.25, -0.2) is 0 Å². The Bertz CT molecular complexity index is 1470. The zero-order valence-corrected chi connectivity index (χ0v) is 24.1. The summed E-state index contributed by atoms with van der Waals surface area (Å²) in [5, 5.41) is 1.23. The first-order chi connectivity index (χ1) is 20.3. The summed E-state index contributed by atoms with van der Waals surface area (Å²) in [6.45, 7) is 2.91. The summed E-state index contributed by atoms with van der Waals surface area (Å²) in [5.41, 5.74) is 8.20. The number of hydrogen-bond donors (Lipinski definition) is 1. The molecule has 0 saturated carbocycles. The molecule has 42 heavy (non-hydrogen) atoms. The van der Waals surface area contributed by atoms with Crippen molar-refractivity contribution in [1.29, 1.82) is 0 Å². The summed E-state index contributed by atoms with van der Waals surface area (Å²) in [4.78, 5) is 25.1. The van der Waals surface area contributed by atoms with Crippen molar-refractivity contribution in [2.24, 2.45) is 5.73 Å². The topological polar surface area (TPSA) is 143 Å². The van der Waals surface area contributed by atoms with Crippen LogP contribution < -0.4 is 19.9 Å². The zero-order chi connectivity index (χ0) is 29.4. The Morgan fingerprint density at radius 3 is 2.57 bits per heavy atom. The van der Waals surface area contributed by atoms with Crippen molar-refractivity contribution in [1.82, 2.24) is 0 Å². The number of carbonyl (C=O) groups excluding carboxylic acids is 2. The van der Waals surface area contributed by atoms with Crippen molar-refractivity contribution in [3.8, 4) is 17.2 Å². The molecular weight excluding hydrogens is 550 g/mol. The van der Waals surface area contributed by atoms with Gasteiger partial charge in [0.25, 0.3) is 11.6 Å². The predicted octanol–water partition coefficient (Wildman–Crippen LogP) is 2.61. The van der Waals surface area contributed by atoms with Gasteiger partial charge in [-0.05, 0) is 37.8 Å². The molecule has 12 heteroatoms. The number of amides is 1. The number of nitrogens with two attached hydrogens (primary N) is 1. The van der Waals surface area contributed by atoms with Crippen LogP contribution in [0.3, 0.4) is 0 Å². The molecule has 2 bridgehead atoms. The number of rotatable bonds is 8. The molecule has 1 amide bonds. The van der Waals surface area contributed by atoms with E-state index in [-0.39, 0.29) is 18.8 Å². The maximum Gasteiger partial charge on any atom is 0.271 e. The van der Waals surface area contributed by atoms with Gasteiger partial charge < -0.3 is 48.4 Å². The van der Waals surface area contributed by atoms with Crippen LogP contribution in [0.15, 0.2) is 6.07 Å². The van der Waals surface area contributed by atoms with Crippen LogP contribution in [0, 0.1) is 6.92 Å². The number of ketones is 1. The highest BCUT2D eigenvalue weighted by atomic mass is 16.9. The van der Waals surface area contributed by atoms with Gasteiger partial charge in [-0.3, -0.25) is 9.59 Å². The van der Waals surface area contributed by atoms with Crippen molar-refractivity contribution < 1.29 is 52.2 Å². The normalized spacial score (nSPS) is 31.5. The number of methoxy groups -OCH3 is 3. The van der Waals surface area contributed by atoms with Gasteiger partial charge in [0.2, 0.25) is 12.2 Å². The lowest BCUT2D eigenvalue weighted by atomic mass is 9.81. The van der Waals surface area contributed by atoms with Gasteiger partial charge in [0.15, 0.2) is 18.0 Å². The molecule has 3 unspecified atom stereocenters. The SMILES string of the molecule is COc1c2c(c(OCCC(N)=O)c3c4c(c(C)cc13)[C@@H]1OC3(C5OCCCO5)OC1[C@@](OC)(O4)C3OC)C(=O)CCC2. The Morgan fingerprint density at radius 1 is 1.10 bits per heavy atom. The maximum atomic E-state index is 13.5. The number of Topliss-reactive ketones (excluding diaryl/α,β-unsaturated/α-hetero) is 1. The van der Waals surface area contributed by atoms with Crippen molar-refractivity contribution in [3.05, 3.63) is 28.3 Å². The summed E-state index contributed by atoms with van der Waals surface area (Å²) < 4.78 is 56.5. The second-order valence-electron chi connectivity index (χ2n) is 11.3. The molecule has 3 saturated heterocycles. The van der Waals surface area contributed by atoms with Crippen molar-refractivity contribution in [2.45, 2.75) is 75.2 Å². The van der Waals surface area contributed by atoms with E-state index in [1.165, 1.54) is 14.2 Å². The minimum absolute atomic E-state index is 0.0135. The molecule has 2 aromatic carbocycles. The van der Waals surface area contributed by atoms with Gasteiger partial charge in [-0.15, -0.1) is 0 Å². The number of ether oxygens (including phenoxy) is 9. The molecule has 5 atom stereocenters. The van der Waals surface area contributed by atoms with Crippen LogP contribution in [0.5, 0.6) is 17.2 Å². The average molecular weight is 586 g/mol. The molecule has 4 aliphatic heterocycles. The van der Waals surface area contributed by atoms with Gasteiger partial charge in [0.05, 0.1) is 44.3 Å². The van der Waals surface area contributed by atoms with Gasteiger partial charge >= 0.3 is 0 Å². The highest BCUT2D eigenvalue weighted by molar-refractivity contribution is 6.12. The summed E-state index contributed by atoms with van der Waals surface area (Å²) in [5.74, 6) is -2.16. The van der Waals surface area contributed by atoms with Crippen LogP contribution in [0.25, 0.3) is 10.8 Å². The summed E-state index contributed by atoms with van der Waals surface area (Å²) in [6, 6.07) is 1.99. The molecule has 5 aliphatic rings. The van der Waals surface area contributed by atoms with E-state index in [4.69, 9.17) is 48.4 Å². The van der Waals surface area contributed by atoms with Crippen molar-refractivity contribution in [2.75, 3.05) is 41.2 Å². The molecule has 2 N–H and O–H groups in total. The van der Waals surface area contributed by atoms with Crippen LogP contribution in [-0.4, -0.2) is 82.9 Å². The monoisotopic (exact) mass is 585 g/mol. The van der Waals surface area contributed by atoms with Gasteiger partial charge in [-0.2, -0.15) is 0 Å². The van der Waals surface area contributed by atoms with Crippen LogP contribution >= 0.6 is 0 Å². The Balaban J connectivity index is 1.49. The van der Waals surface area contributed by atoms with E-state index in [0.717, 1.165) is 23.1 Å². The van der Waals surface area contributed by atoms with Gasteiger partial charge in [0.1, 0.15) is 23.4 Å². The van der Waals surface area contributed by atoms with Crippen LogP contribution in [0.1, 0.15) is 58.8 Å². The standard InChI is InChI=1S/C30H35NO11/c1-14-13-16-21(23(37-12-9-18(31)33)20-15(22(16)34-2)7-5-8-17(20)32)24-19(14)25-26-29(36-4,40-24)27(35-3)30(41-25,42-26)28-38-10-6-11-39-28/h13,25-28H,5-12H2,1-4H3,(H2,31,33)/t25-,26?,27?,29+,30?/m0/s1. The predicted molar refractivity (Wildman–Crippen MR) is 145 cm³/mol. The first-order valence-electron chi connectivity index (χ1n) is 14.3. The lowest BCUT2D eigenvalue weighted by Gasteiger charge is -2.50. The highest BCUT2D eigenvalue weighted by Crippen LogP contribution is 2.65. The van der Waals surface area contributed by atoms with E-state index in [1.807, 2.05) is 13.0 Å². The van der Waals surface area contributed by atoms with E-state index >= 15 is 0 Å². The zero-order valence-electron chi connectivity index (χ0n) is 24.1. The van der Waals surface area contributed by atoms with Crippen molar-refractivity contribution >= 4 is 22.5 Å².